The number of hydrogen-bond acceptors (Lipinski definition) is 5. The summed E-state index contributed by atoms with van der Waals surface area (Å²) in [5.74, 6) is -0.588. The first-order valence-corrected chi connectivity index (χ1v) is 8.14. The molecule has 6 heteroatoms. The van der Waals surface area contributed by atoms with Gasteiger partial charge in [-0.15, -0.1) is 0 Å². The molecule has 0 spiro atoms. The van der Waals surface area contributed by atoms with Crippen LogP contribution in [0.25, 0.3) is 0 Å². The van der Waals surface area contributed by atoms with E-state index in [1.54, 1.807) is 0 Å². The molecule has 4 saturated carbocycles. The predicted octanol–water partition coefficient (Wildman–Crippen LogP) is 2.07. The molecule has 0 aliphatic heterocycles. The molecule has 0 aromatic heterocycles. The predicted molar refractivity (Wildman–Crippen MR) is 79.3 cm³/mol. The molecule has 0 atom stereocenters. The maximum Gasteiger partial charge on any atom is 0.341 e. The van der Waals surface area contributed by atoms with Crippen molar-refractivity contribution in [2.45, 2.75) is 50.5 Å². The quantitative estimate of drug-likeness (QED) is 0.595. The molecule has 23 heavy (non-hydrogen) atoms. The molecule has 0 amide bonds. The van der Waals surface area contributed by atoms with Crippen molar-refractivity contribution in [3.05, 3.63) is 12.2 Å². The van der Waals surface area contributed by atoms with Crippen molar-refractivity contribution >= 4 is 17.9 Å². The molecule has 0 unspecified atom stereocenters. The summed E-state index contributed by atoms with van der Waals surface area (Å²) >= 11 is 0. The Morgan fingerprint density at radius 2 is 1.57 bits per heavy atom. The lowest BCUT2D eigenvalue weighted by atomic mass is 9.54. The molecular formula is C17H22O6. The van der Waals surface area contributed by atoms with Gasteiger partial charge in [0.1, 0.15) is 5.60 Å². The van der Waals surface area contributed by atoms with Gasteiger partial charge < -0.3 is 14.6 Å². The van der Waals surface area contributed by atoms with E-state index >= 15 is 0 Å². The molecular weight excluding hydrogens is 300 g/mol. The minimum atomic E-state index is -1.25. The van der Waals surface area contributed by atoms with Gasteiger partial charge in [-0.25, -0.2) is 9.59 Å². The van der Waals surface area contributed by atoms with Gasteiger partial charge in [0.25, 0.3) is 0 Å². The van der Waals surface area contributed by atoms with Crippen molar-refractivity contribution in [3.8, 4) is 0 Å². The minimum absolute atomic E-state index is 0.0685. The molecule has 0 saturated heterocycles. The number of carbonyl (C=O) groups is 3. The van der Waals surface area contributed by atoms with Crippen molar-refractivity contribution in [1.29, 1.82) is 0 Å². The second-order valence-electron chi connectivity index (χ2n) is 7.32. The van der Waals surface area contributed by atoms with Crippen LogP contribution in [0.3, 0.4) is 0 Å². The second kappa shape index (κ2) is 5.98. The van der Waals surface area contributed by atoms with Gasteiger partial charge >= 0.3 is 17.9 Å². The van der Waals surface area contributed by atoms with Crippen LogP contribution in [0.1, 0.15) is 44.9 Å². The van der Waals surface area contributed by atoms with E-state index in [9.17, 15) is 14.4 Å². The summed E-state index contributed by atoms with van der Waals surface area (Å²) in [6.07, 6.45) is 6.31. The zero-order valence-corrected chi connectivity index (χ0v) is 13.1. The van der Waals surface area contributed by atoms with E-state index in [1.165, 1.54) is 19.3 Å². The van der Waals surface area contributed by atoms with Crippen LogP contribution < -0.4 is 0 Å². The fraction of sp³-hybridized carbons (Fsp3) is 0.706. The first-order valence-electron chi connectivity index (χ1n) is 8.14. The molecule has 4 aliphatic carbocycles. The largest absolute Gasteiger partial charge is 0.479 e. The Labute approximate surface area is 134 Å². The lowest BCUT2D eigenvalue weighted by molar-refractivity contribution is -0.186. The highest BCUT2D eigenvalue weighted by atomic mass is 16.6. The molecule has 6 nitrogen and oxygen atoms in total. The van der Waals surface area contributed by atoms with Gasteiger partial charge in [0.2, 0.25) is 0 Å². The molecule has 4 fully saturated rings. The Morgan fingerprint density at radius 1 is 1.04 bits per heavy atom. The molecule has 0 heterocycles. The Bertz CT molecular complexity index is 514. The third kappa shape index (κ3) is 3.57. The molecule has 0 aromatic rings. The monoisotopic (exact) mass is 322 g/mol. The zero-order chi connectivity index (χ0) is 16.6. The smallest absolute Gasteiger partial charge is 0.341 e. The average molecular weight is 322 g/mol. The number of hydrogen-bond donors (Lipinski definition) is 1. The lowest BCUT2D eigenvalue weighted by Crippen LogP contribution is -2.52. The van der Waals surface area contributed by atoms with Gasteiger partial charge in [-0.2, -0.15) is 0 Å². The summed E-state index contributed by atoms with van der Waals surface area (Å²) in [4.78, 5) is 34.1. The maximum absolute atomic E-state index is 12.2. The van der Waals surface area contributed by atoms with Crippen LogP contribution in [-0.2, 0) is 23.9 Å². The van der Waals surface area contributed by atoms with E-state index in [1.807, 2.05) is 0 Å². The fourth-order valence-electron chi connectivity index (χ4n) is 4.91. The van der Waals surface area contributed by atoms with Crippen molar-refractivity contribution in [3.63, 3.8) is 0 Å². The summed E-state index contributed by atoms with van der Waals surface area (Å²) in [6, 6.07) is 0. The summed E-state index contributed by atoms with van der Waals surface area (Å²) in [5, 5.41) is 8.47. The first-order chi connectivity index (χ1) is 10.8. The number of aliphatic carboxylic acids is 1. The third-order valence-corrected chi connectivity index (χ3v) is 5.29. The van der Waals surface area contributed by atoms with Crippen LogP contribution in [0.4, 0.5) is 0 Å². The highest BCUT2D eigenvalue weighted by Crippen LogP contribution is 2.57. The third-order valence-electron chi connectivity index (χ3n) is 5.29. The van der Waals surface area contributed by atoms with E-state index in [2.05, 4.69) is 11.3 Å². The fourth-order valence-corrected chi connectivity index (χ4v) is 4.91. The van der Waals surface area contributed by atoms with E-state index in [0.717, 1.165) is 19.3 Å². The minimum Gasteiger partial charge on any atom is -0.479 e. The number of carboxylic acids is 1. The summed E-state index contributed by atoms with van der Waals surface area (Å²) in [6.45, 7) is 2.76. The number of carbonyl (C=O) groups excluding carboxylic acids is 2. The Hall–Kier alpha value is -1.85. The molecule has 1 N–H and O–H groups in total. The number of ether oxygens (including phenoxy) is 2. The molecule has 0 radical (unpaired) electrons. The Morgan fingerprint density at radius 3 is 2.04 bits per heavy atom. The van der Waals surface area contributed by atoms with Crippen LogP contribution in [0, 0.1) is 17.8 Å². The van der Waals surface area contributed by atoms with Gasteiger partial charge in [-0.05, 0) is 56.3 Å². The summed E-state index contributed by atoms with van der Waals surface area (Å²) in [7, 11) is 0. The Kier molecular flexibility index (Phi) is 4.17. The molecule has 4 bridgehead atoms. The number of rotatable bonds is 6. The number of carboxylic acid groups (broad SMARTS) is 1. The zero-order valence-electron chi connectivity index (χ0n) is 13.1. The Balaban J connectivity index is 1.52. The van der Waals surface area contributed by atoms with E-state index in [0.29, 0.717) is 17.8 Å². The van der Waals surface area contributed by atoms with Gasteiger partial charge in [-0.1, -0.05) is 6.58 Å². The van der Waals surface area contributed by atoms with E-state index < -0.39 is 24.5 Å². The molecule has 0 aromatic carbocycles. The van der Waals surface area contributed by atoms with Crippen LogP contribution in [0.5, 0.6) is 0 Å². The molecule has 4 rings (SSSR count). The van der Waals surface area contributed by atoms with E-state index in [4.69, 9.17) is 9.84 Å². The van der Waals surface area contributed by atoms with Crippen LogP contribution in [-0.4, -0.2) is 35.2 Å². The van der Waals surface area contributed by atoms with Crippen molar-refractivity contribution in [2.75, 3.05) is 6.61 Å². The lowest BCUT2D eigenvalue weighted by Gasteiger charge is -2.55. The molecule has 4 aliphatic rings. The molecule has 126 valence electrons. The van der Waals surface area contributed by atoms with Crippen LogP contribution >= 0.6 is 0 Å². The van der Waals surface area contributed by atoms with Crippen molar-refractivity contribution < 1.29 is 29.0 Å². The van der Waals surface area contributed by atoms with E-state index in [-0.39, 0.29) is 17.6 Å². The second-order valence-corrected chi connectivity index (χ2v) is 7.32. The van der Waals surface area contributed by atoms with Gasteiger partial charge in [0.05, 0.1) is 6.42 Å². The normalized spacial score (nSPS) is 34.0. The van der Waals surface area contributed by atoms with Crippen molar-refractivity contribution in [2.24, 2.45) is 17.8 Å². The number of esters is 2. The summed E-state index contributed by atoms with van der Waals surface area (Å²) < 4.78 is 10.3. The van der Waals surface area contributed by atoms with Crippen LogP contribution in [0.15, 0.2) is 12.2 Å². The van der Waals surface area contributed by atoms with Crippen molar-refractivity contribution in [1.82, 2.24) is 0 Å². The maximum atomic E-state index is 12.2. The highest BCUT2D eigenvalue weighted by Gasteiger charge is 2.53. The van der Waals surface area contributed by atoms with Gasteiger partial charge in [-0.3, -0.25) is 4.79 Å². The standard InChI is InChI=1S/C17H22O6/c1-10(16(21)22-9-14(18)19)2-15(20)23-17-6-11-3-12(7-17)5-13(4-11)8-17/h11-13H,1-9H2,(H,18,19). The average Bonchev–Trinajstić information content (AvgIpc) is 2.42. The summed E-state index contributed by atoms with van der Waals surface area (Å²) in [5.41, 5.74) is -0.419. The topological polar surface area (TPSA) is 89.9 Å². The highest BCUT2D eigenvalue weighted by molar-refractivity contribution is 5.94. The first kappa shape index (κ1) is 16.0. The van der Waals surface area contributed by atoms with Gasteiger partial charge in [0.15, 0.2) is 6.61 Å². The SMILES string of the molecule is C=C(CC(=O)OC12CC3CC(CC(C3)C1)C2)C(=O)OCC(=O)O. The van der Waals surface area contributed by atoms with Gasteiger partial charge in [0, 0.05) is 5.57 Å². The van der Waals surface area contributed by atoms with Crippen LogP contribution in [0.2, 0.25) is 0 Å².